The molecule has 1 aliphatic rings. The Morgan fingerprint density at radius 2 is 2.29 bits per heavy atom. The van der Waals surface area contributed by atoms with Crippen molar-refractivity contribution in [3.8, 4) is 0 Å². The molecule has 3 nitrogen and oxygen atoms in total. The number of amides is 1. The van der Waals surface area contributed by atoms with E-state index >= 15 is 0 Å². The van der Waals surface area contributed by atoms with Gasteiger partial charge in [0.05, 0.1) is 0 Å². The lowest BCUT2D eigenvalue weighted by molar-refractivity contribution is -0.131. The van der Waals surface area contributed by atoms with Gasteiger partial charge >= 0.3 is 0 Å². The highest BCUT2D eigenvalue weighted by Gasteiger charge is 2.41. The van der Waals surface area contributed by atoms with Gasteiger partial charge in [0.1, 0.15) is 0 Å². The maximum absolute atomic E-state index is 12.2. The summed E-state index contributed by atoms with van der Waals surface area (Å²) < 4.78 is 0. The minimum Gasteiger partial charge on any atom is -0.338 e. The third-order valence-corrected chi connectivity index (χ3v) is 4.13. The third kappa shape index (κ3) is 3.60. The maximum atomic E-state index is 12.2. The zero-order chi connectivity index (χ0) is 13.0. The molecule has 0 spiro atoms. The van der Waals surface area contributed by atoms with Gasteiger partial charge in [0, 0.05) is 31.7 Å². The van der Waals surface area contributed by atoms with Crippen molar-refractivity contribution in [1.29, 1.82) is 0 Å². The number of carbonyl (C=O) groups excluding carboxylic acids is 2. The van der Waals surface area contributed by atoms with Crippen molar-refractivity contribution >= 4 is 22.8 Å². The van der Waals surface area contributed by atoms with Crippen molar-refractivity contribution in [1.82, 2.24) is 4.90 Å². The molecule has 1 fully saturated rings. The molecule has 0 bridgehead atoms. The molecule has 96 valence electrons. The highest BCUT2D eigenvalue weighted by Crippen LogP contribution is 2.33. The number of hydrogen-bond acceptors (Lipinski definition) is 3. The molecule has 0 N–H and O–H groups in total. The van der Waals surface area contributed by atoms with E-state index in [1.54, 1.807) is 13.0 Å². The van der Waals surface area contributed by atoms with E-state index in [4.69, 9.17) is 0 Å². The second kappa shape index (κ2) is 6.24. The van der Waals surface area contributed by atoms with E-state index in [1.807, 2.05) is 4.90 Å². The summed E-state index contributed by atoms with van der Waals surface area (Å²) >= 11 is 1.33. The van der Waals surface area contributed by atoms with Crippen LogP contribution in [0.4, 0.5) is 0 Å². The van der Waals surface area contributed by atoms with E-state index in [9.17, 15) is 9.59 Å². The van der Waals surface area contributed by atoms with Gasteiger partial charge in [-0.3, -0.25) is 9.59 Å². The van der Waals surface area contributed by atoms with Gasteiger partial charge < -0.3 is 4.90 Å². The van der Waals surface area contributed by atoms with Gasteiger partial charge in [-0.15, -0.1) is 6.58 Å². The molecule has 1 rings (SSSR count). The summed E-state index contributed by atoms with van der Waals surface area (Å²) in [6.07, 6.45) is 1.76. The van der Waals surface area contributed by atoms with Crippen LogP contribution in [-0.2, 0) is 9.59 Å². The Bertz CT molecular complexity index is 315. The molecule has 0 aromatic rings. The first kappa shape index (κ1) is 14.3. The standard InChI is InChI=1S/C13H21NO2S/c1-5-6-14-7-11(8-17-10(4)15)12(9(2)3)13(14)16/h5,9,11-12H,1,6-8H2,2-4H3/t11-,12+/m1/s1. The smallest absolute Gasteiger partial charge is 0.226 e. The van der Waals surface area contributed by atoms with Crippen LogP contribution < -0.4 is 0 Å². The Morgan fingerprint density at radius 1 is 1.65 bits per heavy atom. The van der Waals surface area contributed by atoms with E-state index in [0.29, 0.717) is 12.5 Å². The van der Waals surface area contributed by atoms with Gasteiger partial charge in [0.2, 0.25) is 5.91 Å². The van der Waals surface area contributed by atoms with Crippen LogP contribution in [-0.4, -0.2) is 34.8 Å². The maximum Gasteiger partial charge on any atom is 0.226 e. The van der Waals surface area contributed by atoms with Crippen molar-refractivity contribution in [2.75, 3.05) is 18.8 Å². The van der Waals surface area contributed by atoms with Gasteiger partial charge in [0.25, 0.3) is 0 Å². The topological polar surface area (TPSA) is 37.4 Å². The van der Waals surface area contributed by atoms with E-state index < -0.39 is 0 Å². The second-order valence-corrected chi connectivity index (χ2v) is 6.06. The molecular weight excluding hydrogens is 234 g/mol. The highest BCUT2D eigenvalue weighted by atomic mass is 32.2. The first-order valence-corrected chi connectivity index (χ1v) is 6.99. The van der Waals surface area contributed by atoms with Crippen LogP contribution in [0.1, 0.15) is 20.8 Å². The van der Waals surface area contributed by atoms with Crippen LogP contribution in [0.3, 0.4) is 0 Å². The largest absolute Gasteiger partial charge is 0.338 e. The summed E-state index contributed by atoms with van der Waals surface area (Å²) in [6.45, 7) is 10.8. The van der Waals surface area contributed by atoms with Gasteiger partial charge in [0.15, 0.2) is 5.12 Å². The second-order valence-electron chi connectivity index (χ2n) is 4.86. The fourth-order valence-corrected chi connectivity index (χ4v) is 3.19. The molecule has 0 saturated carbocycles. The Kier molecular flexibility index (Phi) is 5.25. The van der Waals surface area contributed by atoms with Gasteiger partial charge in [-0.05, 0) is 11.8 Å². The van der Waals surface area contributed by atoms with Crippen LogP contribution in [0.15, 0.2) is 12.7 Å². The normalized spacial score (nSPS) is 24.5. The molecule has 17 heavy (non-hydrogen) atoms. The Balaban J connectivity index is 2.70. The summed E-state index contributed by atoms with van der Waals surface area (Å²) in [7, 11) is 0. The first-order chi connectivity index (χ1) is 7.97. The molecule has 2 atom stereocenters. The lowest BCUT2D eigenvalue weighted by atomic mass is 9.87. The average Bonchev–Trinajstić information content (AvgIpc) is 2.53. The fourth-order valence-electron chi connectivity index (χ4n) is 2.43. The third-order valence-electron chi connectivity index (χ3n) is 3.13. The Morgan fingerprint density at radius 3 is 2.76 bits per heavy atom. The molecule has 1 saturated heterocycles. The highest BCUT2D eigenvalue weighted by molar-refractivity contribution is 8.13. The summed E-state index contributed by atoms with van der Waals surface area (Å²) in [5.41, 5.74) is 0. The summed E-state index contributed by atoms with van der Waals surface area (Å²) in [5.74, 6) is 1.64. The zero-order valence-electron chi connectivity index (χ0n) is 10.8. The molecule has 0 aliphatic carbocycles. The zero-order valence-corrected chi connectivity index (χ0v) is 11.6. The van der Waals surface area contributed by atoms with Gasteiger partial charge in [-0.2, -0.15) is 0 Å². The number of rotatable bonds is 5. The van der Waals surface area contributed by atoms with Crippen molar-refractivity contribution in [3.63, 3.8) is 0 Å². The van der Waals surface area contributed by atoms with Crippen LogP contribution in [0.5, 0.6) is 0 Å². The Labute approximate surface area is 108 Å². The van der Waals surface area contributed by atoms with Crippen LogP contribution in [0, 0.1) is 17.8 Å². The van der Waals surface area contributed by atoms with Crippen molar-refractivity contribution in [2.45, 2.75) is 20.8 Å². The first-order valence-electron chi connectivity index (χ1n) is 6.00. The minimum atomic E-state index is 0.0572. The molecular formula is C13H21NO2S. The predicted octanol–water partition coefficient (Wildman–Crippen LogP) is 2.18. The number of hydrogen-bond donors (Lipinski definition) is 0. The lowest BCUT2D eigenvalue weighted by Gasteiger charge is -2.19. The molecule has 4 heteroatoms. The van der Waals surface area contributed by atoms with Crippen LogP contribution in [0.25, 0.3) is 0 Å². The molecule has 0 aromatic carbocycles. The van der Waals surface area contributed by atoms with Gasteiger partial charge in [-0.25, -0.2) is 0 Å². The number of nitrogens with zero attached hydrogens (tertiary/aromatic N) is 1. The quantitative estimate of drug-likeness (QED) is 0.707. The van der Waals surface area contributed by atoms with E-state index in [1.165, 1.54) is 11.8 Å². The van der Waals surface area contributed by atoms with Gasteiger partial charge in [-0.1, -0.05) is 31.7 Å². The van der Waals surface area contributed by atoms with E-state index in [2.05, 4.69) is 20.4 Å². The van der Waals surface area contributed by atoms with Crippen molar-refractivity contribution < 1.29 is 9.59 Å². The SMILES string of the molecule is C=CCN1C[C@H](CSC(C)=O)[C@H](C(C)C)C1=O. The monoisotopic (exact) mass is 255 g/mol. The number of likely N-dealkylation sites (tertiary alicyclic amines) is 1. The van der Waals surface area contributed by atoms with E-state index in [0.717, 1.165) is 12.3 Å². The fraction of sp³-hybridized carbons (Fsp3) is 0.692. The van der Waals surface area contributed by atoms with Crippen LogP contribution >= 0.6 is 11.8 Å². The van der Waals surface area contributed by atoms with Crippen molar-refractivity contribution in [3.05, 3.63) is 12.7 Å². The molecule has 1 amide bonds. The van der Waals surface area contributed by atoms with Crippen molar-refractivity contribution in [2.24, 2.45) is 17.8 Å². The molecule has 0 radical (unpaired) electrons. The molecule has 1 aliphatic heterocycles. The predicted molar refractivity (Wildman–Crippen MR) is 71.7 cm³/mol. The summed E-state index contributed by atoms with van der Waals surface area (Å²) in [4.78, 5) is 25.0. The Hall–Kier alpha value is -0.770. The number of carbonyl (C=O) groups is 2. The molecule has 0 unspecified atom stereocenters. The molecule has 0 aromatic heterocycles. The average molecular weight is 255 g/mol. The van der Waals surface area contributed by atoms with E-state index in [-0.39, 0.29) is 22.9 Å². The lowest BCUT2D eigenvalue weighted by Crippen LogP contribution is -2.29. The number of thioether (sulfide) groups is 1. The summed E-state index contributed by atoms with van der Waals surface area (Å²) in [5, 5.41) is 0.127. The van der Waals surface area contributed by atoms with Crippen LogP contribution in [0.2, 0.25) is 0 Å². The minimum absolute atomic E-state index is 0.0572. The molecule has 1 heterocycles. The summed E-state index contributed by atoms with van der Waals surface area (Å²) in [6, 6.07) is 0.